The maximum Gasteiger partial charge on any atom is 0.133 e. The van der Waals surface area contributed by atoms with Gasteiger partial charge in [-0.05, 0) is 87.7 Å². The zero-order valence-corrected chi connectivity index (χ0v) is 16.2. The van der Waals surface area contributed by atoms with E-state index in [4.69, 9.17) is 4.74 Å². The van der Waals surface area contributed by atoms with E-state index in [0.29, 0.717) is 6.04 Å². The standard InChI is InChI=1S/C17H19BrINO/c1-11-5-4-6-13(17(11)19)15(20-2)10-12-7-8-16(21-3)14(18)9-12/h4-9,15,20H,10H2,1-3H3. The van der Waals surface area contributed by atoms with Crippen LogP contribution >= 0.6 is 38.5 Å². The highest BCUT2D eigenvalue weighted by Crippen LogP contribution is 2.29. The molecule has 2 rings (SSSR count). The quantitative estimate of drug-likeness (QED) is 0.643. The molecule has 0 aliphatic heterocycles. The molecular weight excluding hydrogens is 441 g/mol. The molecule has 0 radical (unpaired) electrons. The number of rotatable bonds is 5. The van der Waals surface area contributed by atoms with Crippen molar-refractivity contribution in [3.8, 4) is 5.75 Å². The second kappa shape index (κ2) is 7.61. The van der Waals surface area contributed by atoms with Gasteiger partial charge >= 0.3 is 0 Å². The Hall–Kier alpha value is -0.590. The van der Waals surface area contributed by atoms with Crippen molar-refractivity contribution in [1.82, 2.24) is 5.32 Å². The summed E-state index contributed by atoms with van der Waals surface area (Å²) < 4.78 is 7.62. The van der Waals surface area contributed by atoms with Crippen molar-refractivity contribution in [1.29, 1.82) is 0 Å². The van der Waals surface area contributed by atoms with Crippen LogP contribution in [0.25, 0.3) is 0 Å². The Bertz CT molecular complexity index is 630. The maximum atomic E-state index is 5.29. The van der Waals surface area contributed by atoms with E-state index in [1.54, 1.807) is 7.11 Å². The van der Waals surface area contributed by atoms with Gasteiger partial charge in [-0.1, -0.05) is 24.3 Å². The zero-order chi connectivity index (χ0) is 15.4. The van der Waals surface area contributed by atoms with E-state index in [9.17, 15) is 0 Å². The molecule has 2 aromatic carbocycles. The summed E-state index contributed by atoms with van der Waals surface area (Å²) in [7, 11) is 3.70. The second-order valence-corrected chi connectivity index (χ2v) is 6.93. The second-order valence-electron chi connectivity index (χ2n) is 4.99. The fourth-order valence-corrected chi connectivity index (χ4v) is 3.70. The molecule has 0 aliphatic carbocycles. The number of hydrogen-bond acceptors (Lipinski definition) is 2. The Kier molecular flexibility index (Phi) is 6.08. The molecule has 0 fully saturated rings. The molecule has 0 heterocycles. The van der Waals surface area contributed by atoms with Crippen molar-refractivity contribution < 1.29 is 4.74 Å². The van der Waals surface area contributed by atoms with Gasteiger partial charge in [0.05, 0.1) is 11.6 Å². The van der Waals surface area contributed by atoms with Crippen LogP contribution in [0.1, 0.15) is 22.7 Å². The predicted molar refractivity (Wildman–Crippen MR) is 100 cm³/mol. The molecule has 0 aliphatic rings. The summed E-state index contributed by atoms with van der Waals surface area (Å²) in [5, 5.41) is 3.43. The van der Waals surface area contributed by atoms with Crippen molar-refractivity contribution in [2.45, 2.75) is 19.4 Å². The van der Waals surface area contributed by atoms with Crippen molar-refractivity contribution in [2.75, 3.05) is 14.2 Å². The van der Waals surface area contributed by atoms with Gasteiger partial charge < -0.3 is 10.1 Å². The van der Waals surface area contributed by atoms with E-state index in [1.807, 2.05) is 13.1 Å². The maximum absolute atomic E-state index is 5.29. The number of ether oxygens (including phenoxy) is 1. The fourth-order valence-electron chi connectivity index (χ4n) is 2.38. The first-order valence-electron chi connectivity index (χ1n) is 6.81. The van der Waals surface area contributed by atoms with Gasteiger partial charge in [0.1, 0.15) is 5.75 Å². The van der Waals surface area contributed by atoms with Gasteiger partial charge in [0.15, 0.2) is 0 Å². The predicted octanol–water partition coefficient (Wildman–Crippen LogP) is 4.87. The van der Waals surface area contributed by atoms with Gasteiger partial charge in [-0.25, -0.2) is 0 Å². The van der Waals surface area contributed by atoms with Crippen molar-refractivity contribution in [2.24, 2.45) is 0 Å². The van der Waals surface area contributed by atoms with Crippen LogP contribution in [0.4, 0.5) is 0 Å². The van der Waals surface area contributed by atoms with Crippen LogP contribution < -0.4 is 10.1 Å². The Morgan fingerprint density at radius 3 is 2.67 bits per heavy atom. The first kappa shape index (κ1) is 16.8. The topological polar surface area (TPSA) is 21.3 Å². The molecule has 112 valence electrons. The third kappa shape index (κ3) is 3.99. The van der Waals surface area contributed by atoms with Gasteiger partial charge in [-0.2, -0.15) is 0 Å². The van der Waals surface area contributed by atoms with Crippen molar-refractivity contribution in [3.05, 3.63) is 61.1 Å². The smallest absolute Gasteiger partial charge is 0.133 e. The van der Waals surface area contributed by atoms with Crippen LogP contribution in [0.15, 0.2) is 40.9 Å². The van der Waals surface area contributed by atoms with Crippen molar-refractivity contribution in [3.63, 3.8) is 0 Å². The zero-order valence-electron chi connectivity index (χ0n) is 12.4. The molecule has 1 N–H and O–H groups in total. The lowest BCUT2D eigenvalue weighted by molar-refractivity contribution is 0.412. The third-order valence-electron chi connectivity index (χ3n) is 3.60. The molecule has 2 nitrogen and oxygen atoms in total. The van der Waals surface area contributed by atoms with Crippen LogP contribution in [0.2, 0.25) is 0 Å². The lowest BCUT2D eigenvalue weighted by Gasteiger charge is -2.20. The molecule has 0 spiro atoms. The number of methoxy groups -OCH3 is 1. The van der Waals surface area contributed by atoms with Crippen molar-refractivity contribution >= 4 is 38.5 Å². The molecule has 0 saturated heterocycles. The highest BCUT2D eigenvalue weighted by molar-refractivity contribution is 14.1. The minimum Gasteiger partial charge on any atom is -0.496 e. The summed E-state index contributed by atoms with van der Waals surface area (Å²) in [5.41, 5.74) is 3.95. The van der Waals surface area contributed by atoms with Crippen LogP contribution in [0, 0.1) is 10.5 Å². The van der Waals surface area contributed by atoms with Gasteiger partial charge in [0.2, 0.25) is 0 Å². The number of halogens is 2. The largest absolute Gasteiger partial charge is 0.496 e. The normalized spacial score (nSPS) is 12.2. The van der Waals surface area contributed by atoms with E-state index >= 15 is 0 Å². The third-order valence-corrected chi connectivity index (χ3v) is 5.69. The summed E-state index contributed by atoms with van der Waals surface area (Å²) in [6.07, 6.45) is 0.943. The summed E-state index contributed by atoms with van der Waals surface area (Å²) in [4.78, 5) is 0. The Labute approximate surface area is 148 Å². The summed E-state index contributed by atoms with van der Waals surface area (Å²) in [5.74, 6) is 0.866. The molecule has 0 amide bonds. The number of hydrogen-bond donors (Lipinski definition) is 1. The van der Waals surface area contributed by atoms with Crippen LogP contribution in [-0.4, -0.2) is 14.2 Å². The van der Waals surface area contributed by atoms with Gasteiger partial charge in [-0.3, -0.25) is 0 Å². The summed E-state index contributed by atoms with van der Waals surface area (Å²) >= 11 is 5.99. The van der Waals surface area contributed by atoms with E-state index in [2.05, 4.69) is 81.1 Å². The first-order chi connectivity index (χ1) is 10.1. The van der Waals surface area contributed by atoms with Gasteiger partial charge in [0, 0.05) is 9.61 Å². The number of likely N-dealkylation sites (N-methyl/N-ethyl adjacent to an activating group) is 1. The highest BCUT2D eigenvalue weighted by Gasteiger charge is 2.15. The van der Waals surface area contributed by atoms with Gasteiger partial charge in [-0.15, -0.1) is 0 Å². The molecule has 0 bridgehead atoms. The van der Waals surface area contributed by atoms with E-state index in [-0.39, 0.29) is 0 Å². The fraction of sp³-hybridized carbons (Fsp3) is 0.294. The Balaban J connectivity index is 2.27. The number of aryl methyl sites for hydroxylation is 1. The lowest BCUT2D eigenvalue weighted by atomic mass is 9.97. The van der Waals surface area contributed by atoms with Gasteiger partial charge in [0.25, 0.3) is 0 Å². The number of nitrogens with one attached hydrogen (secondary N) is 1. The molecular formula is C17H19BrINO. The number of benzene rings is 2. The molecule has 0 aromatic heterocycles. The highest BCUT2D eigenvalue weighted by atomic mass is 127. The molecule has 1 atom stereocenters. The average molecular weight is 460 g/mol. The summed E-state index contributed by atoms with van der Waals surface area (Å²) in [6, 6.07) is 13.0. The monoisotopic (exact) mass is 459 g/mol. The van der Waals surface area contributed by atoms with E-state index < -0.39 is 0 Å². The minimum absolute atomic E-state index is 0.303. The molecule has 4 heteroatoms. The van der Waals surface area contributed by atoms with Crippen LogP contribution in [0.5, 0.6) is 5.75 Å². The first-order valence-corrected chi connectivity index (χ1v) is 8.68. The summed E-state index contributed by atoms with van der Waals surface area (Å²) in [6.45, 7) is 2.15. The molecule has 1 unspecified atom stereocenters. The Morgan fingerprint density at radius 1 is 1.29 bits per heavy atom. The average Bonchev–Trinajstić information content (AvgIpc) is 2.48. The lowest BCUT2D eigenvalue weighted by Crippen LogP contribution is -2.20. The SMILES string of the molecule is CNC(Cc1ccc(OC)c(Br)c1)c1cccc(C)c1I. The molecule has 0 saturated carbocycles. The van der Waals surface area contributed by atoms with E-state index in [0.717, 1.165) is 16.6 Å². The van der Waals surface area contributed by atoms with Crippen LogP contribution in [-0.2, 0) is 6.42 Å². The van der Waals surface area contributed by atoms with E-state index in [1.165, 1.54) is 20.3 Å². The minimum atomic E-state index is 0.303. The molecule has 21 heavy (non-hydrogen) atoms. The molecule has 2 aromatic rings. The van der Waals surface area contributed by atoms with Crippen LogP contribution in [0.3, 0.4) is 0 Å². The Morgan fingerprint density at radius 2 is 2.05 bits per heavy atom.